The van der Waals surface area contributed by atoms with Crippen LogP contribution in [0.1, 0.15) is 17.4 Å². The highest BCUT2D eigenvalue weighted by Crippen LogP contribution is 2.39. The van der Waals surface area contributed by atoms with Crippen LogP contribution in [0, 0.1) is 18.6 Å². The van der Waals surface area contributed by atoms with E-state index in [2.05, 4.69) is 20.6 Å². The third-order valence-electron chi connectivity index (χ3n) is 5.08. The Balaban J connectivity index is 1.52. The van der Waals surface area contributed by atoms with E-state index in [-0.39, 0.29) is 35.0 Å². The Kier molecular flexibility index (Phi) is 5.98. The maximum atomic E-state index is 14.0. The monoisotopic (exact) mass is 484 g/mol. The molecule has 1 unspecified atom stereocenters. The van der Waals surface area contributed by atoms with E-state index < -0.39 is 41.2 Å². The number of carbonyl (C=O) groups is 2. The molecule has 9 nitrogen and oxygen atoms in total. The predicted octanol–water partition coefficient (Wildman–Crippen LogP) is 3.17. The third-order valence-corrected chi connectivity index (χ3v) is 5.08. The first-order chi connectivity index (χ1) is 16.0. The number of alkyl halides is 3. The van der Waals surface area contributed by atoms with E-state index in [9.17, 15) is 31.5 Å². The number of urea groups is 1. The number of halogens is 5. The van der Waals surface area contributed by atoms with Crippen molar-refractivity contribution in [2.45, 2.75) is 19.1 Å². The van der Waals surface area contributed by atoms with Crippen molar-refractivity contribution < 1.29 is 36.0 Å². The Morgan fingerprint density at radius 3 is 2.59 bits per heavy atom. The summed E-state index contributed by atoms with van der Waals surface area (Å²) in [6.45, 7) is 2.11. The van der Waals surface area contributed by atoms with Gasteiger partial charge < -0.3 is 25.3 Å². The van der Waals surface area contributed by atoms with E-state index >= 15 is 0 Å². The molecule has 1 saturated heterocycles. The van der Waals surface area contributed by atoms with Crippen LogP contribution in [0.3, 0.4) is 0 Å². The van der Waals surface area contributed by atoms with Gasteiger partial charge in [-0.05, 0) is 13.0 Å². The molecule has 4 rings (SSSR count). The summed E-state index contributed by atoms with van der Waals surface area (Å²) in [5, 5.41) is 6.38. The zero-order valence-corrected chi connectivity index (χ0v) is 17.5. The van der Waals surface area contributed by atoms with Gasteiger partial charge in [-0.3, -0.25) is 4.79 Å². The van der Waals surface area contributed by atoms with Gasteiger partial charge in [0.2, 0.25) is 11.9 Å². The molecule has 1 aromatic carbocycles. The highest BCUT2D eigenvalue weighted by molar-refractivity contribution is 5.90. The van der Waals surface area contributed by atoms with E-state index in [1.807, 2.05) is 0 Å². The van der Waals surface area contributed by atoms with E-state index in [4.69, 9.17) is 4.42 Å². The summed E-state index contributed by atoms with van der Waals surface area (Å²) in [5.41, 5.74) is -0.743. The van der Waals surface area contributed by atoms with Gasteiger partial charge in [0.05, 0.1) is 24.6 Å². The van der Waals surface area contributed by atoms with Gasteiger partial charge in [0, 0.05) is 30.1 Å². The minimum Gasteiger partial charge on any atom is -0.455 e. The van der Waals surface area contributed by atoms with Crippen molar-refractivity contribution in [2.24, 2.45) is 0 Å². The number of aromatic nitrogens is 2. The van der Waals surface area contributed by atoms with Crippen molar-refractivity contribution in [2.75, 3.05) is 29.9 Å². The lowest BCUT2D eigenvalue weighted by Gasteiger charge is -2.26. The summed E-state index contributed by atoms with van der Waals surface area (Å²) in [6, 6.07) is -2.58. The lowest BCUT2D eigenvalue weighted by molar-refractivity contribution is -0.158. The molecular weight excluding hydrogens is 467 g/mol. The lowest BCUT2D eigenvalue weighted by atomic mass is 10.1. The fraction of sp³-hybridized carbons (Fsp3) is 0.300. The second-order valence-electron chi connectivity index (χ2n) is 7.47. The van der Waals surface area contributed by atoms with E-state index in [1.165, 1.54) is 19.3 Å². The molecule has 34 heavy (non-hydrogen) atoms. The molecule has 0 saturated carbocycles. The van der Waals surface area contributed by atoms with E-state index in [1.54, 1.807) is 10.2 Å². The average molecular weight is 484 g/mol. The van der Waals surface area contributed by atoms with Gasteiger partial charge >= 0.3 is 12.2 Å². The topological polar surface area (TPSA) is 112 Å². The average Bonchev–Trinajstić information content (AvgIpc) is 3.08. The molecule has 0 bridgehead atoms. The van der Waals surface area contributed by atoms with Crippen molar-refractivity contribution in [1.82, 2.24) is 20.6 Å². The zero-order valence-electron chi connectivity index (χ0n) is 17.5. The van der Waals surface area contributed by atoms with Crippen LogP contribution in [0.2, 0.25) is 0 Å². The van der Waals surface area contributed by atoms with Crippen LogP contribution in [0.25, 0.3) is 11.0 Å². The van der Waals surface area contributed by atoms with Gasteiger partial charge in [-0.15, -0.1) is 0 Å². The van der Waals surface area contributed by atoms with Gasteiger partial charge in [-0.2, -0.15) is 13.2 Å². The van der Waals surface area contributed by atoms with Crippen LogP contribution in [-0.2, 0) is 4.79 Å². The second kappa shape index (κ2) is 8.76. The van der Waals surface area contributed by atoms with Crippen molar-refractivity contribution >= 4 is 34.5 Å². The number of benzene rings is 1. The van der Waals surface area contributed by atoms with Crippen LogP contribution < -0.4 is 20.9 Å². The van der Waals surface area contributed by atoms with Crippen LogP contribution in [0.5, 0.6) is 0 Å². The maximum absolute atomic E-state index is 14.0. The number of furan rings is 1. The molecule has 3 amide bonds. The minimum absolute atomic E-state index is 0.0157. The second-order valence-corrected chi connectivity index (χ2v) is 7.47. The van der Waals surface area contributed by atoms with Crippen LogP contribution >= 0.6 is 0 Å². The molecule has 3 heterocycles. The van der Waals surface area contributed by atoms with Gasteiger partial charge in [0.25, 0.3) is 0 Å². The maximum Gasteiger partial charge on any atom is 0.416 e. The molecule has 14 heteroatoms. The highest BCUT2D eigenvalue weighted by atomic mass is 19.4. The summed E-state index contributed by atoms with van der Waals surface area (Å²) >= 11 is 0. The fourth-order valence-electron chi connectivity index (χ4n) is 3.49. The van der Waals surface area contributed by atoms with Gasteiger partial charge in [0.1, 0.15) is 11.6 Å². The smallest absolute Gasteiger partial charge is 0.416 e. The molecule has 0 aliphatic carbocycles. The first-order valence-electron chi connectivity index (χ1n) is 9.89. The van der Waals surface area contributed by atoms with Crippen LogP contribution in [0.4, 0.5) is 38.4 Å². The lowest BCUT2D eigenvalue weighted by Crippen LogP contribution is -2.48. The normalized spacial score (nSPS) is 15.2. The molecule has 1 aliphatic rings. The first-order valence-corrected chi connectivity index (χ1v) is 9.89. The van der Waals surface area contributed by atoms with E-state index in [0.29, 0.717) is 19.2 Å². The Hall–Kier alpha value is -3.97. The Bertz CT molecular complexity index is 1240. The molecule has 2 aromatic heterocycles. The van der Waals surface area contributed by atoms with Crippen molar-refractivity contribution in [3.8, 4) is 0 Å². The molecular formula is C20H17F5N6O3. The molecule has 3 aromatic rings. The molecule has 0 spiro atoms. The summed E-state index contributed by atoms with van der Waals surface area (Å²) in [5.74, 6) is -2.93. The number of hydrogen-bond acceptors (Lipinski definition) is 6. The summed E-state index contributed by atoms with van der Waals surface area (Å²) < 4.78 is 73.8. The molecule has 1 aliphatic heterocycles. The van der Waals surface area contributed by atoms with Gasteiger partial charge in [-0.25, -0.2) is 23.5 Å². The van der Waals surface area contributed by atoms with Crippen molar-refractivity contribution in [1.29, 1.82) is 0 Å². The summed E-state index contributed by atoms with van der Waals surface area (Å²) in [6.07, 6.45) is -2.68. The number of nitrogens with zero attached hydrogens (tertiary/aromatic N) is 3. The Labute approximate surface area is 188 Å². The van der Waals surface area contributed by atoms with Crippen LogP contribution in [0.15, 0.2) is 28.9 Å². The Morgan fingerprint density at radius 1 is 1.24 bits per heavy atom. The van der Waals surface area contributed by atoms with Crippen LogP contribution in [-0.4, -0.2) is 47.7 Å². The number of fused-ring (bicyclic) bond motifs is 1. The number of rotatable bonds is 4. The first kappa shape index (κ1) is 23.2. The third kappa shape index (κ3) is 4.70. The van der Waals surface area contributed by atoms with E-state index in [0.717, 1.165) is 6.07 Å². The van der Waals surface area contributed by atoms with Gasteiger partial charge in [0.15, 0.2) is 17.4 Å². The molecule has 1 fully saturated rings. The summed E-state index contributed by atoms with van der Waals surface area (Å²) in [7, 11) is 0. The zero-order chi connectivity index (χ0) is 24.6. The fourth-order valence-corrected chi connectivity index (χ4v) is 3.49. The van der Waals surface area contributed by atoms with Gasteiger partial charge in [-0.1, -0.05) is 0 Å². The Morgan fingerprint density at radius 2 is 1.94 bits per heavy atom. The summed E-state index contributed by atoms with van der Waals surface area (Å²) in [4.78, 5) is 33.4. The quantitative estimate of drug-likeness (QED) is 0.491. The number of aryl methyl sites for hydroxylation is 1. The number of anilines is 2. The number of carbonyl (C=O) groups excluding carboxylic acids is 2. The SMILES string of the molecule is Cc1c(C(NC(=O)Nc2cnc(N3CCNC(=O)C3)nc2)C(F)(F)F)oc2c(F)cc(F)cc12. The molecule has 3 N–H and O–H groups in total. The van der Waals surface area contributed by atoms with Crippen molar-refractivity contribution in [3.05, 3.63) is 47.5 Å². The minimum atomic E-state index is -5.01. The number of nitrogens with one attached hydrogen (secondary N) is 3. The molecule has 1 atom stereocenters. The largest absolute Gasteiger partial charge is 0.455 e. The van der Waals surface area contributed by atoms with Crippen molar-refractivity contribution in [3.63, 3.8) is 0 Å². The highest BCUT2D eigenvalue weighted by Gasteiger charge is 2.45. The number of hydrogen-bond donors (Lipinski definition) is 3. The molecule has 180 valence electrons. The standard InChI is InChI=1S/C20H17F5N6O3/c1-9-12-4-10(21)5-13(22)16(12)34-15(9)17(20(23,24)25)30-19(33)29-11-6-27-18(28-7-11)31-3-2-26-14(32)8-31/h4-7,17H,2-3,8H2,1H3,(H,26,32)(H2,29,30,33). The predicted molar refractivity (Wildman–Crippen MR) is 109 cm³/mol. The number of amides is 3. The molecule has 0 radical (unpaired) electrons. The number of piperazine rings is 1.